The van der Waals surface area contributed by atoms with E-state index < -0.39 is 6.67 Å². The lowest BCUT2D eigenvalue weighted by atomic mass is 10.0. The van der Waals surface area contributed by atoms with E-state index >= 15 is 0 Å². The van der Waals surface area contributed by atoms with Crippen molar-refractivity contribution in [2.75, 3.05) is 5.32 Å². The number of nitrogens with one attached hydrogen (secondary N) is 1. The Labute approximate surface area is 134 Å². The van der Waals surface area contributed by atoms with E-state index in [0.29, 0.717) is 21.8 Å². The van der Waals surface area contributed by atoms with E-state index in [1.54, 1.807) is 25.1 Å². The first kappa shape index (κ1) is 16.2. The van der Waals surface area contributed by atoms with Crippen molar-refractivity contribution >= 4 is 29.3 Å². The van der Waals surface area contributed by atoms with Gasteiger partial charge in [-0.15, -0.1) is 0 Å². The topological polar surface area (TPSA) is 29.1 Å². The quantitative estimate of drug-likeness (QED) is 0.783. The number of carbonyl (C=O) groups excluding carboxylic acids is 1. The molecule has 0 atom stereocenters. The van der Waals surface area contributed by atoms with Gasteiger partial charge < -0.3 is 5.32 Å². The zero-order valence-corrected chi connectivity index (χ0v) is 13.2. The Bertz CT molecular complexity index is 708. The van der Waals surface area contributed by atoms with Gasteiger partial charge in [0.05, 0.1) is 0 Å². The highest BCUT2D eigenvalue weighted by atomic mass is 35.5. The van der Waals surface area contributed by atoms with Crippen molar-refractivity contribution in [1.82, 2.24) is 0 Å². The normalized spacial score (nSPS) is 10.9. The van der Waals surface area contributed by atoms with E-state index in [2.05, 4.69) is 5.32 Å². The highest BCUT2D eigenvalue weighted by Gasteiger charge is 2.07. The predicted octanol–water partition coefficient (Wildman–Crippen LogP) is 5.08. The molecule has 22 heavy (non-hydrogen) atoms. The Hall–Kier alpha value is -2.13. The molecule has 0 aliphatic rings. The number of carbonyl (C=O) groups is 1. The molecule has 0 aromatic heterocycles. The molecule has 0 aliphatic carbocycles. The third-order valence-corrected chi connectivity index (χ3v) is 3.81. The zero-order chi connectivity index (χ0) is 16.1. The van der Waals surface area contributed by atoms with Gasteiger partial charge in [-0.05, 0) is 54.8 Å². The van der Waals surface area contributed by atoms with Gasteiger partial charge >= 0.3 is 0 Å². The first-order valence-corrected chi connectivity index (χ1v) is 7.28. The molecule has 0 bridgehead atoms. The summed E-state index contributed by atoms with van der Waals surface area (Å²) in [6, 6.07) is 10.8. The van der Waals surface area contributed by atoms with Crippen LogP contribution in [0.3, 0.4) is 0 Å². The van der Waals surface area contributed by atoms with Crippen molar-refractivity contribution in [2.45, 2.75) is 20.5 Å². The van der Waals surface area contributed by atoms with E-state index in [9.17, 15) is 9.18 Å². The van der Waals surface area contributed by atoms with Crippen LogP contribution in [-0.2, 0) is 11.5 Å². The molecule has 2 rings (SSSR count). The van der Waals surface area contributed by atoms with Crippen LogP contribution in [0.2, 0.25) is 5.02 Å². The number of anilines is 1. The van der Waals surface area contributed by atoms with Crippen LogP contribution >= 0.6 is 11.6 Å². The van der Waals surface area contributed by atoms with Gasteiger partial charge in [0.15, 0.2) is 0 Å². The number of alkyl halides is 1. The van der Waals surface area contributed by atoms with E-state index in [-0.39, 0.29) is 5.91 Å². The molecule has 1 N–H and O–H groups in total. The third kappa shape index (κ3) is 3.95. The molecule has 2 aromatic rings. The Morgan fingerprint density at radius 2 is 1.86 bits per heavy atom. The summed E-state index contributed by atoms with van der Waals surface area (Å²) in [5.41, 5.74) is 3.76. The summed E-state index contributed by atoms with van der Waals surface area (Å²) in [5, 5.41) is 3.31. The molecule has 0 aliphatic heterocycles. The number of amides is 1. The van der Waals surface area contributed by atoms with Crippen molar-refractivity contribution in [3.63, 3.8) is 0 Å². The second-order valence-corrected chi connectivity index (χ2v) is 5.47. The van der Waals surface area contributed by atoms with Crippen LogP contribution in [0, 0.1) is 13.8 Å². The second kappa shape index (κ2) is 7.23. The van der Waals surface area contributed by atoms with Gasteiger partial charge in [-0.3, -0.25) is 4.79 Å². The van der Waals surface area contributed by atoms with Crippen molar-refractivity contribution in [3.8, 4) is 0 Å². The fourth-order valence-corrected chi connectivity index (χ4v) is 2.25. The molecule has 0 radical (unpaired) electrons. The van der Waals surface area contributed by atoms with E-state index in [1.165, 1.54) is 6.08 Å². The molecule has 114 valence electrons. The summed E-state index contributed by atoms with van der Waals surface area (Å²) in [4.78, 5) is 11.9. The monoisotopic (exact) mass is 317 g/mol. The van der Waals surface area contributed by atoms with Gasteiger partial charge in [0, 0.05) is 16.8 Å². The smallest absolute Gasteiger partial charge is 0.248 e. The van der Waals surface area contributed by atoms with Crippen LogP contribution in [0.15, 0.2) is 42.5 Å². The van der Waals surface area contributed by atoms with Crippen LogP contribution in [0.5, 0.6) is 0 Å². The maximum absolute atomic E-state index is 13.0. The second-order valence-electron chi connectivity index (χ2n) is 5.07. The van der Waals surface area contributed by atoms with Gasteiger partial charge in [-0.1, -0.05) is 35.4 Å². The minimum absolute atomic E-state index is 0.270. The lowest BCUT2D eigenvalue weighted by molar-refractivity contribution is -0.111. The lowest BCUT2D eigenvalue weighted by Gasteiger charge is -2.08. The molecule has 4 heteroatoms. The van der Waals surface area contributed by atoms with Crippen molar-refractivity contribution in [1.29, 1.82) is 0 Å². The van der Waals surface area contributed by atoms with E-state index in [4.69, 9.17) is 11.6 Å². The van der Waals surface area contributed by atoms with Crippen LogP contribution in [0.1, 0.15) is 22.3 Å². The van der Waals surface area contributed by atoms with Crippen molar-refractivity contribution in [3.05, 3.63) is 69.8 Å². The van der Waals surface area contributed by atoms with Gasteiger partial charge in [0.2, 0.25) is 5.91 Å². The van der Waals surface area contributed by atoms with Crippen LogP contribution in [0.4, 0.5) is 10.1 Å². The number of aryl methyl sites for hydroxylation is 1. The zero-order valence-electron chi connectivity index (χ0n) is 12.5. The molecule has 0 saturated heterocycles. The largest absolute Gasteiger partial charge is 0.323 e. The average molecular weight is 318 g/mol. The summed E-state index contributed by atoms with van der Waals surface area (Å²) in [7, 11) is 0. The van der Waals surface area contributed by atoms with Crippen LogP contribution < -0.4 is 5.32 Å². The van der Waals surface area contributed by atoms with Gasteiger partial charge in [0.25, 0.3) is 0 Å². The third-order valence-electron chi connectivity index (χ3n) is 3.40. The molecule has 2 aromatic carbocycles. The molecule has 0 heterocycles. The fraction of sp³-hybridized carbons (Fsp3) is 0.167. The highest BCUT2D eigenvalue weighted by Crippen LogP contribution is 2.24. The van der Waals surface area contributed by atoms with Gasteiger partial charge in [-0.25, -0.2) is 4.39 Å². The van der Waals surface area contributed by atoms with Gasteiger partial charge in [-0.2, -0.15) is 0 Å². The molecule has 0 spiro atoms. The summed E-state index contributed by atoms with van der Waals surface area (Å²) in [5.74, 6) is -0.270. The van der Waals surface area contributed by atoms with E-state index in [1.807, 2.05) is 31.2 Å². The Morgan fingerprint density at radius 1 is 1.18 bits per heavy atom. The summed E-state index contributed by atoms with van der Waals surface area (Å²) < 4.78 is 13.0. The van der Waals surface area contributed by atoms with Crippen LogP contribution in [0.25, 0.3) is 6.08 Å². The maximum atomic E-state index is 13.0. The number of hydrogen-bond donors (Lipinski definition) is 1. The minimum Gasteiger partial charge on any atom is -0.323 e. The SMILES string of the molecule is Cc1ccc(NC(=O)/C=C/c2c(CF)ccc(Cl)c2C)cc1. The first-order valence-electron chi connectivity index (χ1n) is 6.91. The summed E-state index contributed by atoms with van der Waals surface area (Å²) in [6.45, 7) is 3.18. The van der Waals surface area contributed by atoms with Crippen molar-refractivity contribution < 1.29 is 9.18 Å². The Kier molecular flexibility index (Phi) is 5.34. The molecule has 1 amide bonds. The van der Waals surface area contributed by atoms with Gasteiger partial charge in [0.1, 0.15) is 6.67 Å². The molecule has 0 saturated carbocycles. The minimum atomic E-state index is -0.600. The molecule has 0 fully saturated rings. The highest BCUT2D eigenvalue weighted by molar-refractivity contribution is 6.31. The molecule has 0 unspecified atom stereocenters. The Morgan fingerprint density at radius 3 is 2.50 bits per heavy atom. The lowest BCUT2D eigenvalue weighted by Crippen LogP contribution is -2.07. The van der Waals surface area contributed by atoms with Crippen LogP contribution in [-0.4, -0.2) is 5.91 Å². The van der Waals surface area contributed by atoms with Crippen molar-refractivity contribution in [2.24, 2.45) is 0 Å². The average Bonchev–Trinajstić information content (AvgIpc) is 2.51. The molecular formula is C18H17ClFNO. The Balaban J connectivity index is 2.16. The van der Waals surface area contributed by atoms with E-state index in [0.717, 1.165) is 11.1 Å². The standard InChI is InChI=1S/C18H17ClFNO/c1-12-3-6-15(7-4-12)21-18(22)10-8-16-13(2)17(19)9-5-14(16)11-20/h3-10H,11H2,1-2H3,(H,21,22)/b10-8+. The molecular weight excluding hydrogens is 301 g/mol. The number of rotatable bonds is 4. The number of benzene rings is 2. The fourth-order valence-electron chi connectivity index (χ4n) is 2.09. The molecule has 2 nitrogen and oxygen atoms in total. The number of hydrogen-bond acceptors (Lipinski definition) is 1. The predicted molar refractivity (Wildman–Crippen MR) is 89.8 cm³/mol. The summed E-state index contributed by atoms with van der Waals surface area (Å²) in [6.07, 6.45) is 2.98. The summed E-state index contributed by atoms with van der Waals surface area (Å²) >= 11 is 6.05. The maximum Gasteiger partial charge on any atom is 0.248 e. The number of halogens is 2. The first-order chi connectivity index (χ1) is 10.5.